The summed E-state index contributed by atoms with van der Waals surface area (Å²) in [7, 11) is 0. The van der Waals surface area contributed by atoms with Crippen LogP contribution in [0.1, 0.15) is 40.3 Å². The summed E-state index contributed by atoms with van der Waals surface area (Å²) in [5.74, 6) is -1.05. The summed E-state index contributed by atoms with van der Waals surface area (Å²) in [6.07, 6.45) is 0.0796. The lowest BCUT2D eigenvalue weighted by Gasteiger charge is -2.27. The summed E-state index contributed by atoms with van der Waals surface area (Å²) in [5, 5.41) is 0. The number of anilines is 2. The van der Waals surface area contributed by atoms with Gasteiger partial charge in [0.25, 0.3) is 5.91 Å². The number of hydrogen-bond acceptors (Lipinski definition) is 8. The number of amides is 1. The molecule has 31 heavy (non-hydrogen) atoms. The third kappa shape index (κ3) is 4.90. The van der Waals surface area contributed by atoms with Crippen LogP contribution in [-0.4, -0.2) is 38.6 Å². The van der Waals surface area contributed by atoms with Gasteiger partial charge < -0.3 is 14.9 Å². The molecule has 3 aromatic rings. The quantitative estimate of drug-likeness (QED) is 0.570. The third-order valence-corrected chi connectivity index (χ3v) is 4.26. The highest BCUT2D eigenvalue weighted by molar-refractivity contribution is 5.91. The zero-order valence-corrected chi connectivity index (χ0v) is 16.8. The molecule has 0 aromatic carbocycles. The van der Waals surface area contributed by atoms with E-state index in [0.29, 0.717) is 11.3 Å². The Bertz CT molecular complexity index is 1080. The molecule has 3 aromatic heterocycles. The molecule has 0 bridgehead atoms. The highest BCUT2D eigenvalue weighted by atomic mass is 19.3. The maximum atomic E-state index is 13.2. The predicted octanol–water partition coefficient (Wildman–Crippen LogP) is 3.42. The number of rotatable bonds is 8. The number of primary amides is 1. The Morgan fingerprint density at radius 3 is 2.61 bits per heavy atom. The van der Waals surface area contributed by atoms with E-state index < -0.39 is 30.6 Å². The molecule has 1 amide bonds. The molecule has 2 N–H and O–H groups in total. The number of aryl methyl sites for hydroxylation is 2. The van der Waals surface area contributed by atoms with Crippen molar-refractivity contribution >= 4 is 17.9 Å². The van der Waals surface area contributed by atoms with Gasteiger partial charge in [-0.25, -0.2) is 24.3 Å². The number of carbonyl (C=O) groups is 1. The minimum Gasteiger partial charge on any atom is -0.432 e. The van der Waals surface area contributed by atoms with Gasteiger partial charge in [-0.15, -0.1) is 0 Å². The molecule has 0 spiro atoms. The van der Waals surface area contributed by atoms with Crippen LogP contribution >= 0.6 is 0 Å². The second-order valence-corrected chi connectivity index (χ2v) is 6.68. The molecule has 3 heterocycles. The molecular formula is C19H19F3N6O3. The molecule has 164 valence electrons. The summed E-state index contributed by atoms with van der Waals surface area (Å²) in [6.45, 7) is 2.93. The van der Waals surface area contributed by atoms with Crippen LogP contribution in [0.3, 0.4) is 0 Å². The molecule has 0 aliphatic carbocycles. The molecule has 0 fully saturated rings. The van der Waals surface area contributed by atoms with Crippen LogP contribution < -0.4 is 15.4 Å². The standard InChI is InChI=1S/C19H19F3N6O3/c1-10-6-13(8-25-16(10)31-19(21,22)9-20)12(3)28(18-24-4-5-30-18)17-26-11(2)7-14(27-17)15(23)29/h4-8,12H,9H2,1-3H3,(H2,23,29). The molecular weight excluding hydrogens is 417 g/mol. The molecule has 1 atom stereocenters. The molecule has 0 aliphatic heterocycles. The lowest BCUT2D eigenvalue weighted by Crippen LogP contribution is -2.28. The number of alkyl halides is 3. The van der Waals surface area contributed by atoms with Gasteiger partial charge in [-0.1, -0.05) is 0 Å². The van der Waals surface area contributed by atoms with E-state index >= 15 is 0 Å². The molecule has 0 saturated carbocycles. The van der Waals surface area contributed by atoms with Crippen molar-refractivity contribution in [3.63, 3.8) is 0 Å². The van der Waals surface area contributed by atoms with E-state index in [2.05, 4.69) is 24.7 Å². The highest BCUT2D eigenvalue weighted by Crippen LogP contribution is 2.33. The average molecular weight is 436 g/mol. The summed E-state index contributed by atoms with van der Waals surface area (Å²) in [4.78, 5) is 29.7. The lowest BCUT2D eigenvalue weighted by molar-refractivity contribution is -0.188. The minimum atomic E-state index is -3.98. The number of nitrogens with two attached hydrogens (primary N) is 1. The first-order chi connectivity index (χ1) is 14.6. The molecule has 0 aliphatic rings. The van der Waals surface area contributed by atoms with Gasteiger partial charge in [0.15, 0.2) is 6.67 Å². The lowest BCUT2D eigenvalue weighted by atomic mass is 10.1. The zero-order chi connectivity index (χ0) is 22.8. The van der Waals surface area contributed by atoms with Crippen molar-refractivity contribution < 1.29 is 27.1 Å². The van der Waals surface area contributed by atoms with Crippen LogP contribution in [0.5, 0.6) is 5.88 Å². The van der Waals surface area contributed by atoms with Crippen LogP contribution in [0, 0.1) is 13.8 Å². The van der Waals surface area contributed by atoms with Gasteiger partial charge in [-0.3, -0.25) is 9.69 Å². The summed E-state index contributed by atoms with van der Waals surface area (Å²) in [6, 6.07) is 2.54. The van der Waals surface area contributed by atoms with Gasteiger partial charge in [-0.05, 0) is 38.5 Å². The number of aromatic nitrogens is 4. The molecule has 12 heteroatoms. The summed E-state index contributed by atoms with van der Waals surface area (Å²) >= 11 is 0. The second kappa shape index (κ2) is 8.58. The van der Waals surface area contributed by atoms with E-state index in [-0.39, 0.29) is 23.2 Å². The molecule has 1 unspecified atom stereocenters. The summed E-state index contributed by atoms with van der Waals surface area (Å²) in [5.41, 5.74) is 6.63. The average Bonchev–Trinajstić information content (AvgIpc) is 3.23. The van der Waals surface area contributed by atoms with Gasteiger partial charge in [0.05, 0.1) is 12.2 Å². The Labute approximate surface area is 175 Å². The highest BCUT2D eigenvalue weighted by Gasteiger charge is 2.33. The van der Waals surface area contributed by atoms with Gasteiger partial charge in [-0.2, -0.15) is 8.78 Å². The van der Waals surface area contributed by atoms with Gasteiger partial charge in [0.1, 0.15) is 12.0 Å². The van der Waals surface area contributed by atoms with E-state index in [1.807, 2.05) is 0 Å². The number of pyridine rings is 1. The van der Waals surface area contributed by atoms with Crippen LogP contribution in [0.2, 0.25) is 0 Å². The van der Waals surface area contributed by atoms with E-state index in [1.165, 1.54) is 36.5 Å². The zero-order valence-electron chi connectivity index (χ0n) is 16.8. The van der Waals surface area contributed by atoms with Crippen molar-refractivity contribution in [2.24, 2.45) is 5.73 Å². The predicted molar refractivity (Wildman–Crippen MR) is 103 cm³/mol. The van der Waals surface area contributed by atoms with E-state index in [4.69, 9.17) is 10.2 Å². The van der Waals surface area contributed by atoms with Crippen LogP contribution in [0.4, 0.5) is 25.1 Å². The van der Waals surface area contributed by atoms with E-state index in [1.54, 1.807) is 19.9 Å². The van der Waals surface area contributed by atoms with Crippen molar-refractivity contribution in [1.29, 1.82) is 0 Å². The molecule has 0 saturated heterocycles. The fourth-order valence-electron chi connectivity index (χ4n) is 2.78. The van der Waals surface area contributed by atoms with Gasteiger partial charge >= 0.3 is 12.1 Å². The maximum Gasteiger partial charge on any atom is 0.428 e. The smallest absolute Gasteiger partial charge is 0.428 e. The summed E-state index contributed by atoms with van der Waals surface area (Å²) < 4.78 is 48.6. The van der Waals surface area contributed by atoms with Crippen LogP contribution in [0.25, 0.3) is 0 Å². The Balaban J connectivity index is 2.02. The van der Waals surface area contributed by atoms with Crippen molar-refractivity contribution in [2.75, 3.05) is 11.6 Å². The number of nitrogens with zero attached hydrogens (tertiary/aromatic N) is 5. The Morgan fingerprint density at radius 1 is 1.29 bits per heavy atom. The topological polar surface area (TPSA) is 120 Å². The van der Waals surface area contributed by atoms with Crippen molar-refractivity contribution in [3.05, 3.63) is 53.3 Å². The fraction of sp³-hybridized carbons (Fsp3) is 0.316. The Morgan fingerprint density at radius 2 is 2.03 bits per heavy atom. The Kier molecular flexibility index (Phi) is 6.09. The van der Waals surface area contributed by atoms with E-state index in [9.17, 15) is 18.0 Å². The monoisotopic (exact) mass is 436 g/mol. The number of ether oxygens (including phenoxy) is 1. The maximum absolute atomic E-state index is 13.2. The first kappa shape index (κ1) is 22.0. The first-order valence-corrected chi connectivity index (χ1v) is 9.05. The van der Waals surface area contributed by atoms with Crippen LogP contribution in [-0.2, 0) is 0 Å². The normalized spacial score (nSPS) is 12.5. The largest absolute Gasteiger partial charge is 0.432 e. The first-order valence-electron chi connectivity index (χ1n) is 9.05. The minimum absolute atomic E-state index is 0.00207. The van der Waals surface area contributed by atoms with Crippen molar-refractivity contribution in [1.82, 2.24) is 19.9 Å². The number of oxazole rings is 1. The number of carbonyl (C=O) groups excluding carboxylic acids is 1. The van der Waals surface area contributed by atoms with Crippen LogP contribution in [0.15, 0.2) is 35.2 Å². The number of hydrogen-bond donors (Lipinski definition) is 1. The number of halogens is 3. The van der Waals surface area contributed by atoms with Crippen molar-refractivity contribution in [2.45, 2.75) is 32.9 Å². The van der Waals surface area contributed by atoms with E-state index in [0.717, 1.165) is 0 Å². The van der Waals surface area contributed by atoms with Crippen molar-refractivity contribution in [3.8, 4) is 5.88 Å². The molecule has 3 rings (SSSR count). The van der Waals surface area contributed by atoms with Gasteiger partial charge in [0.2, 0.25) is 11.8 Å². The fourth-order valence-corrected chi connectivity index (χ4v) is 2.78. The molecule has 0 radical (unpaired) electrons. The Hall–Kier alpha value is -3.70. The second-order valence-electron chi connectivity index (χ2n) is 6.68. The SMILES string of the molecule is Cc1cc(C(N)=O)nc(N(c2ncco2)C(C)c2cnc(OC(F)(F)CF)c(C)c2)n1. The third-order valence-electron chi connectivity index (χ3n) is 4.26. The molecule has 9 nitrogen and oxygen atoms in total. The van der Waals surface area contributed by atoms with Gasteiger partial charge in [0, 0.05) is 17.5 Å².